The minimum Gasteiger partial charge on any atom is -0.366 e. The summed E-state index contributed by atoms with van der Waals surface area (Å²) in [6, 6.07) is 8.38. The van der Waals surface area contributed by atoms with Crippen molar-refractivity contribution in [1.82, 2.24) is 0 Å². The van der Waals surface area contributed by atoms with E-state index in [9.17, 15) is 0 Å². The average Bonchev–Trinajstić information content (AvgIpc) is 2.36. The number of rotatable bonds is 4. The summed E-state index contributed by atoms with van der Waals surface area (Å²) < 4.78 is 7.74. The number of benzene rings is 1. The van der Waals surface area contributed by atoms with Gasteiger partial charge in [0.2, 0.25) is 0 Å². The minimum absolute atomic E-state index is 0.294. The lowest BCUT2D eigenvalue weighted by molar-refractivity contribution is -0.111. The van der Waals surface area contributed by atoms with Gasteiger partial charge in [-0.25, -0.2) is 0 Å². The van der Waals surface area contributed by atoms with Crippen molar-refractivity contribution in [3.8, 4) is 0 Å². The molecule has 0 aromatic heterocycles. The van der Waals surface area contributed by atoms with Crippen LogP contribution in [0.2, 0.25) is 0 Å². The zero-order valence-electron chi connectivity index (χ0n) is 13.5. The first-order chi connectivity index (χ1) is 9.76. The van der Waals surface area contributed by atoms with Crippen LogP contribution in [0.1, 0.15) is 52.5 Å². The highest BCUT2D eigenvalue weighted by Gasteiger charge is 2.38. The Labute approximate surface area is 146 Å². The van der Waals surface area contributed by atoms with Crippen LogP contribution in [-0.4, -0.2) is 11.4 Å². The van der Waals surface area contributed by atoms with E-state index >= 15 is 0 Å². The summed E-state index contributed by atoms with van der Waals surface area (Å²) in [7, 11) is 0. The zero-order chi connectivity index (χ0) is 15.7. The van der Waals surface area contributed by atoms with E-state index in [1.165, 1.54) is 12.0 Å². The van der Waals surface area contributed by atoms with E-state index in [-0.39, 0.29) is 5.60 Å². The maximum Gasteiger partial charge on any atom is 0.101 e. The van der Waals surface area contributed by atoms with E-state index in [0.29, 0.717) is 11.5 Å². The largest absolute Gasteiger partial charge is 0.366 e. The molecule has 1 aliphatic rings. The lowest BCUT2D eigenvalue weighted by Gasteiger charge is -2.43. The third kappa shape index (κ3) is 4.33. The Kier molecular flexibility index (Phi) is 5.60. The van der Waals surface area contributed by atoms with Gasteiger partial charge in [0.05, 0.1) is 6.10 Å². The predicted octanol–water partition coefficient (Wildman–Crippen LogP) is 6.29. The molecular formula is C18H26Br2O. The maximum atomic E-state index is 6.62. The van der Waals surface area contributed by atoms with Gasteiger partial charge < -0.3 is 4.74 Å². The molecule has 0 N–H and O–H groups in total. The fourth-order valence-corrected chi connectivity index (χ4v) is 4.91. The lowest BCUT2D eigenvalue weighted by atomic mass is 9.71. The van der Waals surface area contributed by atoms with Gasteiger partial charge >= 0.3 is 0 Å². The Bertz CT molecular complexity index is 486. The quantitative estimate of drug-likeness (QED) is 0.523. The van der Waals surface area contributed by atoms with Crippen LogP contribution in [0.4, 0.5) is 0 Å². The molecule has 3 atom stereocenters. The second kappa shape index (κ2) is 6.72. The Morgan fingerprint density at radius 3 is 2.52 bits per heavy atom. The fourth-order valence-electron chi connectivity index (χ4n) is 3.77. The highest BCUT2D eigenvalue weighted by atomic mass is 79.9. The van der Waals surface area contributed by atoms with Crippen LogP contribution in [0, 0.1) is 11.3 Å². The summed E-state index contributed by atoms with van der Waals surface area (Å²) in [6.07, 6.45) is 3.94. The first-order valence-corrected chi connectivity index (χ1v) is 9.66. The van der Waals surface area contributed by atoms with Crippen molar-refractivity contribution >= 4 is 31.9 Å². The minimum atomic E-state index is -0.294. The predicted molar refractivity (Wildman–Crippen MR) is 97.0 cm³/mol. The highest BCUT2D eigenvalue weighted by molar-refractivity contribution is 9.10. The second-order valence-electron chi connectivity index (χ2n) is 7.50. The summed E-state index contributed by atoms with van der Waals surface area (Å²) in [5, 5.41) is 0.800. The SMILES string of the molecule is CC1CC(OC(C)(CBr)c2ccccc2Br)CC(C)(C)C1. The van der Waals surface area contributed by atoms with Crippen molar-refractivity contribution in [2.24, 2.45) is 11.3 Å². The molecule has 0 amide bonds. The monoisotopic (exact) mass is 416 g/mol. The molecule has 1 saturated carbocycles. The van der Waals surface area contributed by atoms with E-state index in [1.54, 1.807) is 0 Å². The van der Waals surface area contributed by atoms with Gasteiger partial charge in [0.25, 0.3) is 0 Å². The zero-order valence-corrected chi connectivity index (χ0v) is 16.6. The molecule has 21 heavy (non-hydrogen) atoms. The van der Waals surface area contributed by atoms with Crippen LogP contribution < -0.4 is 0 Å². The van der Waals surface area contributed by atoms with Crippen LogP contribution in [-0.2, 0) is 10.3 Å². The molecule has 3 heteroatoms. The van der Waals surface area contributed by atoms with E-state index < -0.39 is 0 Å². The maximum absolute atomic E-state index is 6.62. The third-order valence-corrected chi connectivity index (χ3v) is 6.23. The summed E-state index contributed by atoms with van der Waals surface area (Å²) >= 11 is 7.34. The molecule has 1 fully saturated rings. The first-order valence-electron chi connectivity index (χ1n) is 7.74. The molecule has 1 nitrogen and oxygen atoms in total. The average molecular weight is 418 g/mol. The summed E-state index contributed by atoms with van der Waals surface area (Å²) in [5.74, 6) is 0.734. The highest BCUT2D eigenvalue weighted by Crippen LogP contribution is 2.43. The molecule has 118 valence electrons. The lowest BCUT2D eigenvalue weighted by Crippen LogP contribution is -2.39. The van der Waals surface area contributed by atoms with E-state index in [4.69, 9.17) is 4.74 Å². The van der Waals surface area contributed by atoms with Crippen LogP contribution in [0.15, 0.2) is 28.7 Å². The van der Waals surface area contributed by atoms with Crippen molar-refractivity contribution in [1.29, 1.82) is 0 Å². The molecule has 1 aliphatic carbocycles. The van der Waals surface area contributed by atoms with Gasteiger partial charge in [-0.1, -0.05) is 70.8 Å². The number of ether oxygens (including phenoxy) is 1. The Balaban J connectivity index is 2.20. The fraction of sp³-hybridized carbons (Fsp3) is 0.667. The van der Waals surface area contributed by atoms with Crippen molar-refractivity contribution in [3.05, 3.63) is 34.3 Å². The van der Waals surface area contributed by atoms with Gasteiger partial charge in [-0.3, -0.25) is 0 Å². The van der Waals surface area contributed by atoms with Crippen molar-refractivity contribution < 1.29 is 4.74 Å². The number of alkyl halides is 1. The van der Waals surface area contributed by atoms with Gasteiger partial charge in [-0.05, 0) is 49.1 Å². The van der Waals surface area contributed by atoms with Crippen molar-refractivity contribution in [3.63, 3.8) is 0 Å². The molecule has 0 aliphatic heterocycles. The van der Waals surface area contributed by atoms with Crippen molar-refractivity contribution in [2.45, 2.75) is 58.7 Å². The molecule has 3 unspecified atom stereocenters. The molecule has 1 aromatic rings. The number of hydrogen-bond donors (Lipinski definition) is 0. The van der Waals surface area contributed by atoms with E-state index in [2.05, 4.69) is 77.8 Å². The topological polar surface area (TPSA) is 9.23 Å². The molecule has 0 spiro atoms. The molecule has 0 radical (unpaired) electrons. The molecule has 0 bridgehead atoms. The van der Waals surface area contributed by atoms with E-state index in [0.717, 1.165) is 28.6 Å². The van der Waals surface area contributed by atoms with E-state index in [1.807, 2.05) is 6.07 Å². The third-order valence-electron chi connectivity index (χ3n) is 4.47. The van der Waals surface area contributed by atoms with Gasteiger partial charge in [0.1, 0.15) is 5.60 Å². The van der Waals surface area contributed by atoms with Gasteiger partial charge in [0, 0.05) is 9.80 Å². The van der Waals surface area contributed by atoms with Gasteiger partial charge in [0.15, 0.2) is 0 Å². The van der Waals surface area contributed by atoms with Crippen LogP contribution in [0.5, 0.6) is 0 Å². The first kappa shape index (κ1) is 17.5. The molecule has 0 heterocycles. The van der Waals surface area contributed by atoms with Crippen LogP contribution in [0.3, 0.4) is 0 Å². The van der Waals surface area contributed by atoms with Gasteiger partial charge in [-0.2, -0.15) is 0 Å². The van der Waals surface area contributed by atoms with Crippen LogP contribution in [0.25, 0.3) is 0 Å². The summed E-state index contributed by atoms with van der Waals surface area (Å²) in [4.78, 5) is 0. The molecular weight excluding hydrogens is 392 g/mol. The number of halogens is 2. The molecule has 2 rings (SSSR count). The smallest absolute Gasteiger partial charge is 0.101 e. The second-order valence-corrected chi connectivity index (χ2v) is 8.91. The summed E-state index contributed by atoms with van der Waals surface area (Å²) in [5.41, 5.74) is 1.30. The Morgan fingerprint density at radius 2 is 1.95 bits per heavy atom. The van der Waals surface area contributed by atoms with Gasteiger partial charge in [-0.15, -0.1) is 0 Å². The normalized spacial score (nSPS) is 28.1. The summed E-state index contributed by atoms with van der Waals surface area (Å²) in [6.45, 7) is 9.27. The molecule has 1 aromatic carbocycles. The standard InChI is InChI=1S/C18H26Br2O/c1-13-9-14(11-17(2,3)10-13)21-18(4,12-19)15-7-5-6-8-16(15)20/h5-8,13-14H,9-12H2,1-4H3. The van der Waals surface area contributed by atoms with Crippen LogP contribution >= 0.6 is 31.9 Å². The molecule has 0 saturated heterocycles. The Hall–Kier alpha value is 0.140. The Morgan fingerprint density at radius 1 is 1.29 bits per heavy atom. The number of hydrogen-bond acceptors (Lipinski definition) is 1. The van der Waals surface area contributed by atoms with Crippen molar-refractivity contribution in [2.75, 3.05) is 5.33 Å².